The quantitative estimate of drug-likeness (QED) is 0.757. The second-order valence-electron chi connectivity index (χ2n) is 3.06. The van der Waals surface area contributed by atoms with E-state index in [0.29, 0.717) is 12.1 Å². The van der Waals surface area contributed by atoms with Gasteiger partial charge in [-0.2, -0.15) is 0 Å². The molecule has 0 heterocycles. The lowest BCUT2D eigenvalue weighted by atomic mass is 10.1. The van der Waals surface area contributed by atoms with Crippen molar-refractivity contribution in [3.05, 3.63) is 29.8 Å². The van der Waals surface area contributed by atoms with E-state index < -0.39 is 6.03 Å². The predicted molar refractivity (Wildman–Crippen MR) is 54.0 cm³/mol. The minimum Gasteiger partial charge on any atom is -0.351 e. The van der Waals surface area contributed by atoms with Gasteiger partial charge >= 0.3 is 6.03 Å². The van der Waals surface area contributed by atoms with Crippen molar-refractivity contribution in [2.75, 3.05) is 5.32 Å². The first-order valence-corrected chi connectivity index (χ1v) is 4.23. The van der Waals surface area contributed by atoms with Crippen LogP contribution in [0.2, 0.25) is 0 Å². The van der Waals surface area contributed by atoms with Crippen LogP contribution in [0, 0.1) is 0 Å². The number of hydrogen-bond donors (Lipinski definition) is 2. The Hall–Kier alpha value is -1.84. The number of carbonyl (C=O) groups excluding carboxylic acids is 2. The van der Waals surface area contributed by atoms with Crippen LogP contribution in [0.15, 0.2) is 24.3 Å². The number of anilines is 1. The maximum Gasteiger partial charge on any atom is 0.316 e. The SMILES string of the molecule is CC(=O)Cc1ccc(NC(N)=O)cc1. The standard InChI is InChI=1S/C10H12N2O2/c1-7(13)6-8-2-4-9(5-3-8)12-10(11)14/h2-5H,6H2,1H3,(H3,11,12,14). The number of benzene rings is 1. The Labute approximate surface area is 82.1 Å². The van der Waals surface area contributed by atoms with E-state index >= 15 is 0 Å². The highest BCUT2D eigenvalue weighted by Gasteiger charge is 1.98. The summed E-state index contributed by atoms with van der Waals surface area (Å²) in [5, 5.41) is 2.44. The number of hydrogen-bond acceptors (Lipinski definition) is 2. The highest BCUT2D eigenvalue weighted by molar-refractivity contribution is 5.87. The molecule has 0 aliphatic carbocycles. The second kappa shape index (κ2) is 4.41. The summed E-state index contributed by atoms with van der Waals surface area (Å²) in [5.74, 6) is 0.112. The van der Waals surface area contributed by atoms with Crippen molar-refractivity contribution in [1.82, 2.24) is 0 Å². The van der Waals surface area contributed by atoms with Crippen LogP contribution < -0.4 is 11.1 Å². The fourth-order valence-corrected chi connectivity index (χ4v) is 1.14. The molecule has 0 unspecified atom stereocenters. The molecule has 4 nitrogen and oxygen atoms in total. The van der Waals surface area contributed by atoms with E-state index in [1.165, 1.54) is 6.92 Å². The topological polar surface area (TPSA) is 72.2 Å². The molecule has 0 spiro atoms. The molecule has 2 amide bonds. The van der Waals surface area contributed by atoms with Crippen LogP contribution in [0.4, 0.5) is 10.5 Å². The Kier molecular flexibility index (Phi) is 3.23. The molecule has 14 heavy (non-hydrogen) atoms. The molecule has 74 valence electrons. The number of rotatable bonds is 3. The third kappa shape index (κ3) is 3.26. The van der Waals surface area contributed by atoms with Gasteiger partial charge in [-0.3, -0.25) is 4.79 Å². The summed E-state index contributed by atoms with van der Waals surface area (Å²) in [6.45, 7) is 1.54. The van der Waals surface area contributed by atoms with Crippen molar-refractivity contribution in [3.8, 4) is 0 Å². The van der Waals surface area contributed by atoms with E-state index in [1.807, 2.05) is 0 Å². The molecule has 0 aliphatic heterocycles. The average molecular weight is 192 g/mol. The molecule has 0 fully saturated rings. The second-order valence-corrected chi connectivity index (χ2v) is 3.06. The van der Waals surface area contributed by atoms with Crippen LogP contribution in [0.3, 0.4) is 0 Å². The summed E-state index contributed by atoms with van der Waals surface area (Å²) in [4.78, 5) is 21.3. The number of amides is 2. The van der Waals surface area contributed by atoms with Gasteiger partial charge in [-0.1, -0.05) is 12.1 Å². The summed E-state index contributed by atoms with van der Waals surface area (Å²) in [5.41, 5.74) is 6.49. The van der Waals surface area contributed by atoms with Gasteiger partial charge in [0.25, 0.3) is 0 Å². The number of primary amides is 1. The third-order valence-electron chi connectivity index (χ3n) is 1.67. The molecule has 3 N–H and O–H groups in total. The lowest BCUT2D eigenvalue weighted by Gasteiger charge is -2.02. The molecule has 0 radical (unpaired) electrons. The van der Waals surface area contributed by atoms with Crippen molar-refractivity contribution in [3.63, 3.8) is 0 Å². The summed E-state index contributed by atoms with van der Waals surface area (Å²) in [6.07, 6.45) is 0.414. The van der Waals surface area contributed by atoms with Gasteiger partial charge < -0.3 is 11.1 Å². The third-order valence-corrected chi connectivity index (χ3v) is 1.67. The van der Waals surface area contributed by atoms with Gasteiger partial charge in [-0.25, -0.2) is 4.79 Å². The molecule has 0 aromatic heterocycles. The van der Waals surface area contributed by atoms with Crippen molar-refractivity contribution in [2.24, 2.45) is 5.73 Å². The molecule has 1 rings (SSSR count). The largest absolute Gasteiger partial charge is 0.351 e. The van der Waals surface area contributed by atoms with Gasteiger partial charge in [0.15, 0.2) is 0 Å². The van der Waals surface area contributed by atoms with E-state index in [1.54, 1.807) is 24.3 Å². The zero-order valence-corrected chi connectivity index (χ0v) is 7.91. The van der Waals surface area contributed by atoms with Crippen LogP contribution >= 0.6 is 0 Å². The lowest BCUT2D eigenvalue weighted by molar-refractivity contribution is -0.116. The zero-order chi connectivity index (χ0) is 10.6. The minimum absolute atomic E-state index is 0.112. The first-order valence-electron chi connectivity index (χ1n) is 4.23. The fraction of sp³-hybridized carbons (Fsp3) is 0.200. The maximum absolute atomic E-state index is 10.8. The first kappa shape index (κ1) is 10.2. The van der Waals surface area contributed by atoms with Crippen LogP contribution in [0.5, 0.6) is 0 Å². The average Bonchev–Trinajstić information content (AvgIpc) is 2.06. The predicted octanol–water partition coefficient (Wildman–Crippen LogP) is 1.31. The number of Topliss-reactive ketones (excluding diaryl/α,β-unsaturated/α-hetero) is 1. The van der Waals surface area contributed by atoms with Crippen LogP contribution in [0.25, 0.3) is 0 Å². The van der Waals surface area contributed by atoms with Gasteiger partial charge in [0.2, 0.25) is 0 Å². The zero-order valence-electron chi connectivity index (χ0n) is 7.91. The van der Waals surface area contributed by atoms with Gasteiger partial charge in [0.05, 0.1) is 0 Å². The summed E-state index contributed by atoms with van der Waals surface area (Å²) in [7, 11) is 0. The van der Waals surface area contributed by atoms with Crippen molar-refractivity contribution >= 4 is 17.5 Å². The summed E-state index contributed by atoms with van der Waals surface area (Å²) < 4.78 is 0. The molecule has 0 saturated heterocycles. The highest BCUT2D eigenvalue weighted by atomic mass is 16.2. The maximum atomic E-state index is 10.8. The Morgan fingerprint density at radius 3 is 2.29 bits per heavy atom. The van der Waals surface area contributed by atoms with E-state index in [2.05, 4.69) is 5.32 Å². The Balaban J connectivity index is 2.68. The van der Waals surface area contributed by atoms with E-state index in [0.717, 1.165) is 5.56 Å². The van der Waals surface area contributed by atoms with Gasteiger partial charge in [-0.15, -0.1) is 0 Å². The minimum atomic E-state index is -0.593. The molecule has 0 saturated carbocycles. The summed E-state index contributed by atoms with van der Waals surface area (Å²) in [6, 6.07) is 6.40. The van der Waals surface area contributed by atoms with E-state index in [4.69, 9.17) is 5.73 Å². The number of ketones is 1. The molecule has 4 heteroatoms. The first-order chi connectivity index (χ1) is 6.58. The summed E-state index contributed by atoms with van der Waals surface area (Å²) >= 11 is 0. The molecule has 0 atom stereocenters. The van der Waals surface area contributed by atoms with Gasteiger partial charge in [0.1, 0.15) is 5.78 Å². The Morgan fingerprint density at radius 1 is 1.29 bits per heavy atom. The molecular weight excluding hydrogens is 180 g/mol. The molecular formula is C10H12N2O2. The fourth-order valence-electron chi connectivity index (χ4n) is 1.14. The van der Waals surface area contributed by atoms with Crippen molar-refractivity contribution in [2.45, 2.75) is 13.3 Å². The number of carbonyl (C=O) groups is 2. The van der Waals surface area contributed by atoms with Gasteiger partial charge in [-0.05, 0) is 24.6 Å². The monoisotopic (exact) mass is 192 g/mol. The molecule has 1 aromatic rings. The smallest absolute Gasteiger partial charge is 0.316 e. The van der Waals surface area contributed by atoms with Crippen LogP contribution in [-0.2, 0) is 11.2 Å². The van der Waals surface area contributed by atoms with Crippen molar-refractivity contribution < 1.29 is 9.59 Å². The molecule has 1 aromatic carbocycles. The normalized spacial score (nSPS) is 9.50. The van der Waals surface area contributed by atoms with Gasteiger partial charge in [0, 0.05) is 12.1 Å². The highest BCUT2D eigenvalue weighted by Crippen LogP contribution is 2.09. The van der Waals surface area contributed by atoms with E-state index in [-0.39, 0.29) is 5.78 Å². The van der Waals surface area contributed by atoms with E-state index in [9.17, 15) is 9.59 Å². The number of nitrogens with two attached hydrogens (primary N) is 1. The molecule has 0 aliphatic rings. The van der Waals surface area contributed by atoms with Crippen molar-refractivity contribution in [1.29, 1.82) is 0 Å². The Bertz CT molecular complexity index is 309. The van der Waals surface area contributed by atoms with Crippen LogP contribution in [0.1, 0.15) is 12.5 Å². The number of urea groups is 1. The lowest BCUT2D eigenvalue weighted by Crippen LogP contribution is -2.19. The van der Waals surface area contributed by atoms with Crippen LogP contribution in [-0.4, -0.2) is 11.8 Å². The number of nitrogens with one attached hydrogen (secondary N) is 1. The Morgan fingerprint density at radius 2 is 1.86 bits per heavy atom. The molecule has 0 bridgehead atoms.